The van der Waals surface area contributed by atoms with Gasteiger partial charge >= 0.3 is 0 Å². The first-order chi connectivity index (χ1) is 14.0. The number of sulfonamides is 1. The SMILES string of the molecule is CCc1ccccc1N(CC(=O)NC1CCCCCC1)S(=O)(=O)c1ccccc1. The van der Waals surface area contributed by atoms with E-state index in [0.717, 1.165) is 31.2 Å². The zero-order chi connectivity index (χ0) is 20.7. The Hall–Kier alpha value is -2.34. The van der Waals surface area contributed by atoms with Gasteiger partial charge in [0.25, 0.3) is 10.0 Å². The summed E-state index contributed by atoms with van der Waals surface area (Å²) in [7, 11) is -3.86. The van der Waals surface area contributed by atoms with Crippen LogP contribution in [0.4, 0.5) is 5.69 Å². The summed E-state index contributed by atoms with van der Waals surface area (Å²) in [4.78, 5) is 13.1. The van der Waals surface area contributed by atoms with Gasteiger partial charge in [-0.25, -0.2) is 8.42 Å². The van der Waals surface area contributed by atoms with Crippen molar-refractivity contribution >= 4 is 21.6 Å². The zero-order valence-electron chi connectivity index (χ0n) is 17.0. The zero-order valence-corrected chi connectivity index (χ0v) is 17.8. The van der Waals surface area contributed by atoms with E-state index in [1.165, 1.54) is 17.1 Å². The Morgan fingerprint density at radius 3 is 2.24 bits per heavy atom. The number of nitrogens with one attached hydrogen (secondary N) is 1. The van der Waals surface area contributed by atoms with Gasteiger partial charge in [0.05, 0.1) is 10.6 Å². The number of anilines is 1. The lowest BCUT2D eigenvalue weighted by Gasteiger charge is -2.27. The molecule has 0 heterocycles. The third-order valence-electron chi connectivity index (χ3n) is 5.48. The molecular formula is C23H30N2O3S. The van der Waals surface area contributed by atoms with Crippen molar-refractivity contribution in [3.8, 4) is 0 Å². The Kier molecular flexibility index (Phi) is 7.31. The molecule has 0 bridgehead atoms. The highest BCUT2D eigenvalue weighted by Crippen LogP contribution is 2.27. The number of hydrogen-bond acceptors (Lipinski definition) is 3. The summed E-state index contributed by atoms with van der Waals surface area (Å²) in [5.74, 6) is -0.248. The second-order valence-electron chi connectivity index (χ2n) is 7.56. The molecule has 156 valence electrons. The Bertz CT molecular complexity index is 905. The fourth-order valence-electron chi connectivity index (χ4n) is 3.90. The van der Waals surface area contributed by atoms with Gasteiger partial charge in [-0.2, -0.15) is 0 Å². The summed E-state index contributed by atoms with van der Waals surface area (Å²) in [5, 5.41) is 3.08. The van der Waals surface area contributed by atoms with E-state index in [-0.39, 0.29) is 23.4 Å². The number of amides is 1. The number of nitrogens with zero attached hydrogens (tertiary/aromatic N) is 1. The molecule has 1 aliphatic rings. The minimum absolute atomic E-state index is 0.132. The van der Waals surface area contributed by atoms with E-state index in [0.29, 0.717) is 12.1 Å². The van der Waals surface area contributed by atoms with Crippen molar-refractivity contribution in [1.82, 2.24) is 5.32 Å². The molecule has 3 rings (SSSR count). The third-order valence-corrected chi connectivity index (χ3v) is 7.25. The second kappa shape index (κ2) is 9.92. The van der Waals surface area contributed by atoms with Crippen LogP contribution in [0.3, 0.4) is 0 Å². The Morgan fingerprint density at radius 2 is 1.59 bits per heavy atom. The third kappa shape index (κ3) is 5.38. The van der Waals surface area contributed by atoms with Crippen molar-refractivity contribution in [3.63, 3.8) is 0 Å². The highest BCUT2D eigenvalue weighted by Gasteiger charge is 2.29. The number of para-hydroxylation sites is 1. The van der Waals surface area contributed by atoms with Crippen LogP contribution in [0.15, 0.2) is 59.5 Å². The van der Waals surface area contributed by atoms with E-state index >= 15 is 0 Å². The normalized spacial score (nSPS) is 15.5. The van der Waals surface area contributed by atoms with Gasteiger partial charge in [0.1, 0.15) is 6.54 Å². The standard InChI is InChI=1S/C23H30N2O3S/c1-2-19-12-10-11-17-22(19)25(29(27,28)21-15-8-5-9-16-21)18-23(26)24-20-13-6-3-4-7-14-20/h5,8-12,15-17,20H,2-4,6-7,13-14,18H2,1H3,(H,24,26). The molecule has 0 saturated heterocycles. The van der Waals surface area contributed by atoms with Crippen LogP contribution in [0, 0.1) is 0 Å². The van der Waals surface area contributed by atoms with E-state index in [1.54, 1.807) is 36.4 Å². The van der Waals surface area contributed by atoms with E-state index in [1.807, 2.05) is 25.1 Å². The van der Waals surface area contributed by atoms with Gasteiger partial charge < -0.3 is 5.32 Å². The Morgan fingerprint density at radius 1 is 0.966 bits per heavy atom. The molecule has 1 saturated carbocycles. The molecule has 0 radical (unpaired) electrons. The van der Waals surface area contributed by atoms with Crippen LogP contribution in [0.5, 0.6) is 0 Å². The average Bonchev–Trinajstić information content (AvgIpc) is 3.01. The molecule has 1 N–H and O–H groups in total. The number of hydrogen-bond donors (Lipinski definition) is 1. The van der Waals surface area contributed by atoms with Crippen LogP contribution in [0.2, 0.25) is 0 Å². The van der Waals surface area contributed by atoms with Crippen molar-refractivity contribution in [2.45, 2.75) is 62.8 Å². The maximum absolute atomic E-state index is 13.4. The molecule has 5 nitrogen and oxygen atoms in total. The molecular weight excluding hydrogens is 384 g/mol. The minimum Gasteiger partial charge on any atom is -0.352 e. The van der Waals surface area contributed by atoms with Crippen LogP contribution in [0.1, 0.15) is 51.0 Å². The van der Waals surface area contributed by atoms with E-state index < -0.39 is 10.0 Å². The van der Waals surface area contributed by atoms with Crippen LogP contribution in [-0.4, -0.2) is 26.9 Å². The summed E-state index contributed by atoms with van der Waals surface area (Å²) < 4.78 is 28.1. The van der Waals surface area contributed by atoms with E-state index in [2.05, 4.69) is 5.32 Å². The molecule has 2 aromatic carbocycles. The molecule has 2 aromatic rings. The predicted octanol–water partition coefficient (Wildman–Crippen LogP) is 4.28. The largest absolute Gasteiger partial charge is 0.352 e. The molecule has 0 spiro atoms. The summed E-state index contributed by atoms with van der Waals surface area (Å²) in [6.07, 6.45) is 7.22. The van der Waals surface area contributed by atoms with Gasteiger partial charge in [-0.3, -0.25) is 9.10 Å². The molecule has 0 atom stereocenters. The summed E-state index contributed by atoms with van der Waals surface area (Å²) in [6, 6.07) is 15.8. The van der Waals surface area contributed by atoms with Crippen LogP contribution in [0.25, 0.3) is 0 Å². The van der Waals surface area contributed by atoms with E-state index in [4.69, 9.17) is 0 Å². The van der Waals surface area contributed by atoms with Crippen molar-refractivity contribution < 1.29 is 13.2 Å². The van der Waals surface area contributed by atoms with Crippen molar-refractivity contribution in [3.05, 3.63) is 60.2 Å². The number of benzene rings is 2. The molecule has 29 heavy (non-hydrogen) atoms. The smallest absolute Gasteiger partial charge is 0.264 e. The van der Waals surface area contributed by atoms with Crippen LogP contribution in [-0.2, 0) is 21.2 Å². The highest BCUT2D eigenvalue weighted by molar-refractivity contribution is 7.92. The molecule has 0 aliphatic heterocycles. The molecule has 0 unspecified atom stereocenters. The summed E-state index contributed by atoms with van der Waals surface area (Å²) >= 11 is 0. The average molecular weight is 415 g/mol. The lowest BCUT2D eigenvalue weighted by Crippen LogP contribution is -2.44. The number of carbonyl (C=O) groups excluding carboxylic acids is 1. The maximum Gasteiger partial charge on any atom is 0.264 e. The Labute approximate surface area is 174 Å². The first-order valence-electron chi connectivity index (χ1n) is 10.5. The quantitative estimate of drug-likeness (QED) is 0.688. The summed E-state index contributed by atoms with van der Waals surface area (Å²) in [6.45, 7) is 1.77. The Balaban J connectivity index is 1.90. The van der Waals surface area contributed by atoms with Gasteiger partial charge in [-0.05, 0) is 43.0 Å². The predicted molar refractivity (Wildman–Crippen MR) is 116 cm³/mol. The first-order valence-corrected chi connectivity index (χ1v) is 11.9. The van der Waals surface area contributed by atoms with Crippen molar-refractivity contribution in [2.75, 3.05) is 10.8 Å². The lowest BCUT2D eigenvalue weighted by atomic mass is 10.1. The van der Waals surface area contributed by atoms with Gasteiger partial charge in [-0.15, -0.1) is 0 Å². The fraction of sp³-hybridized carbons (Fsp3) is 0.435. The number of aryl methyl sites for hydroxylation is 1. The minimum atomic E-state index is -3.86. The van der Waals surface area contributed by atoms with Crippen molar-refractivity contribution in [2.24, 2.45) is 0 Å². The van der Waals surface area contributed by atoms with Gasteiger partial charge in [0.15, 0.2) is 0 Å². The summed E-state index contributed by atoms with van der Waals surface area (Å²) in [5.41, 5.74) is 1.46. The topological polar surface area (TPSA) is 66.5 Å². The molecule has 1 amide bonds. The number of rotatable bonds is 7. The van der Waals surface area contributed by atoms with Gasteiger partial charge in [0.2, 0.25) is 5.91 Å². The highest BCUT2D eigenvalue weighted by atomic mass is 32.2. The maximum atomic E-state index is 13.4. The van der Waals surface area contributed by atoms with E-state index in [9.17, 15) is 13.2 Å². The fourth-order valence-corrected chi connectivity index (χ4v) is 5.38. The van der Waals surface area contributed by atoms with Crippen LogP contribution < -0.4 is 9.62 Å². The molecule has 6 heteroatoms. The van der Waals surface area contributed by atoms with Crippen LogP contribution >= 0.6 is 0 Å². The van der Waals surface area contributed by atoms with Gasteiger partial charge in [0, 0.05) is 6.04 Å². The molecule has 0 aromatic heterocycles. The van der Waals surface area contributed by atoms with Crippen molar-refractivity contribution in [1.29, 1.82) is 0 Å². The van der Waals surface area contributed by atoms with Gasteiger partial charge in [-0.1, -0.05) is 69.0 Å². The number of carbonyl (C=O) groups is 1. The molecule has 1 fully saturated rings. The molecule has 1 aliphatic carbocycles. The second-order valence-corrected chi connectivity index (χ2v) is 9.43. The lowest BCUT2D eigenvalue weighted by molar-refractivity contribution is -0.120. The first kappa shape index (κ1) is 21.4. The monoisotopic (exact) mass is 414 g/mol.